The number of hydrogen-bond donors (Lipinski definition) is 1. The molecule has 0 bridgehead atoms. The van der Waals surface area contributed by atoms with Crippen molar-refractivity contribution in [3.05, 3.63) is 60.9 Å². The van der Waals surface area contributed by atoms with Gasteiger partial charge < -0.3 is 9.72 Å². The summed E-state index contributed by atoms with van der Waals surface area (Å²) in [6.45, 7) is 1.51. The van der Waals surface area contributed by atoms with Crippen LogP contribution in [-0.4, -0.2) is 10.3 Å². The van der Waals surface area contributed by atoms with Gasteiger partial charge in [0.25, 0.3) is 0 Å². The molecule has 0 radical (unpaired) electrons. The zero-order chi connectivity index (χ0) is 13.2. The summed E-state index contributed by atoms with van der Waals surface area (Å²) < 4.78 is 2.09. The molecule has 3 nitrogen and oxygen atoms in total. The molecule has 0 saturated heterocycles. The fourth-order valence-corrected chi connectivity index (χ4v) is 2.16. The van der Waals surface area contributed by atoms with E-state index in [1.54, 1.807) is 0 Å². The Morgan fingerprint density at radius 1 is 1.05 bits per heavy atom. The lowest BCUT2D eigenvalue weighted by molar-refractivity contribution is -0.114. The molecule has 0 aliphatic carbocycles. The molecule has 0 fully saturated rings. The van der Waals surface area contributed by atoms with Crippen LogP contribution >= 0.6 is 0 Å². The van der Waals surface area contributed by atoms with Gasteiger partial charge >= 0.3 is 0 Å². The molecule has 3 rings (SSSR count). The maximum Gasteiger partial charge on any atom is 0.221 e. The van der Waals surface area contributed by atoms with Gasteiger partial charge in [0.2, 0.25) is 5.91 Å². The third-order valence-electron chi connectivity index (χ3n) is 3.04. The number of carbonyl (C=O) groups is 1. The predicted molar refractivity (Wildman–Crippen MR) is 77.1 cm³/mol. The first-order chi connectivity index (χ1) is 9.22. The zero-order valence-electron chi connectivity index (χ0n) is 10.6. The quantitative estimate of drug-likeness (QED) is 0.741. The molecule has 0 spiro atoms. The summed E-state index contributed by atoms with van der Waals surface area (Å²) in [5.41, 5.74) is 4.29. The maximum absolute atomic E-state index is 11.0. The lowest BCUT2D eigenvalue weighted by Gasteiger charge is -2.03. The summed E-state index contributed by atoms with van der Waals surface area (Å²) in [7, 11) is 0. The van der Waals surface area contributed by atoms with Crippen LogP contribution in [0.4, 0.5) is 5.69 Å². The second-order valence-electron chi connectivity index (χ2n) is 4.52. The SMILES string of the molecule is CC(=O)Nc1ccc(-c2cc3ccccn3c2)cc1. The molecule has 2 heterocycles. The molecule has 3 heteroatoms. The first-order valence-corrected chi connectivity index (χ1v) is 6.17. The Hall–Kier alpha value is -2.55. The van der Waals surface area contributed by atoms with Gasteiger partial charge in [0, 0.05) is 36.1 Å². The van der Waals surface area contributed by atoms with E-state index in [9.17, 15) is 4.79 Å². The Kier molecular flexibility index (Phi) is 2.80. The van der Waals surface area contributed by atoms with E-state index >= 15 is 0 Å². The minimum Gasteiger partial charge on any atom is -0.326 e. The van der Waals surface area contributed by atoms with E-state index in [1.165, 1.54) is 18.0 Å². The van der Waals surface area contributed by atoms with Gasteiger partial charge in [-0.3, -0.25) is 4.79 Å². The average molecular weight is 250 g/mol. The molecule has 0 aliphatic rings. The Morgan fingerprint density at radius 2 is 1.84 bits per heavy atom. The Morgan fingerprint density at radius 3 is 2.53 bits per heavy atom. The molecule has 94 valence electrons. The van der Waals surface area contributed by atoms with E-state index in [4.69, 9.17) is 0 Å². The minimum absolute atomic E-state index is 0.0534. The average Bonchev–Trinajstić information content (AvgIpc) is 2.82. The van der Waals surface area contributed by atoms with Gasteiger partial charge in [-0.15, -0.1) is 0 Å². The summed E-state index contributed by atoms with van der Waals surface area (Å²) in [6, 6.07) is 16.1. The fourth-order valence-electron chi connectivity index (χ4n) is 2.16. The molecule has 1 amide bonds. The van der Waals surface area contributed by atoms with Crippen LogP contribution in [0.1, 0.15) is 6.92 Å². The van der Waals surface area contributed by atoms with Crippen molar-refractivity contribution in [1.82, 2.24) is 4.40 Å². The van der Waals surface area contributed by atoms with Crippen molar-refractivity contribution >= 4 is 17.1 Å². The van der Waals surface area contributed by atoms with Gasteiger partial charge in [-0.2, -0.15) is 0 Å². The normalized spacial score (nSPS) is 10.6. The topological polar surface area (TPSA) is 33.5 Å². The molecule has 0 atom stereocenters. The highest BCUT2D eigenvalue weighted by molar-refractivity contribution is 5.89. The van der Waals surface area contributed by atoms with Crippen molar-refractivity contribution in [3.8, 4) is 11.1 Å². The van der Waals surface area contributed by atoms with Crippen molar-refractivity contribution < 1.29 is 4.79 Å². The predicted octanol–water partition coefficient (Wildman–Crippen LogP) is 3.56. The van der Waals surface area contributed by atoms with Crippen LogP contribution in [0.15, 0.2) is 60.9 Å². The Balaban J connectivity index is 1.95. The third-order valence-corrected chi connectivity index (χ3v) is 3.04. The third kappa shape index (κ3) is 2.36. The van der Waals surface area contributed by atoms with Gasteiger partial charge in [-0.05, 0) is 35.9 Å². The van der Waals surface area contributed by atoms with Crippen molar-refractivity contribution in [3.63, 3.8) is 0 Å². The highest BCUT2D eigenvalue weighted by atomic mass is 16.1. The number of rotatable bonds is 2. The first-order valence-electron chi connectivity index (χ1n) is 6.17. The molecular weight excluding hydrogens is 236 g/mol. The van der Waals surface area contributed by atoms with Gasteiger partial charge in [-0.25, -0.2) is 0 Å². The van der Waals surface area contributed by atoms with Gasteiger partial charge in [0.1, 0.15) is 0 Å². The van der Waals surface area contributed by atoms with E-state index in [2.05, 4.69) is 28.0 Å². The highest BCUT2D eigenvalue weighted by Gasteiger charge is 2.02. The number of nitrogens with one attached hydrogen (secondary N) is 1. The van der Waals surface area contributed by atoms with E-state index in [-0.39, 0.29) is 5.91 Å². The van der Waals surface area contributed by atoms with Crippen molar-refractivity contribution in [2.24, 2.45) is 0 Å². The summed E-state index contributed by atoms with van der Waals surface area (Å²) in [5.74, 6) is -0.0534. The fraction of sp³-hybridized carbons (Fsp3) is 0.0625. The Bertz CT molecular complexity index is 693. The number of hydrogen-bond acceptors (Lipinski definition) is 1. The monoisotopic (exact) mass is 250 g/mol. The highest BCUT2D eigenvalue weighted by Crippen LogP contribution is 2.24. The van der Waals surface area contributed by atoms with E-state index < -0.39 is 0 Å². The van der Waals surface area contributed by atoms with Crippen LogP contribution in [0.25, 0.3) is 16.6 Å². The second kappa shape index (κ2) is 4.61. The lowest BCUT2D eigenvalue weighted by atomic mass is 10.1. The van der Waals surface area contributed by atoms with E-state index in [1.807, 2.05) is 42.6 Å². The van der Waals surface area contributed by atoms with Crippen LogP contribution in [-0.2, 0) is 4.79 Å². The number of fused-ring (bicyclic) bond motifs is 1. The lowest BCUT2D eigenvalue weighted by Crippen LogP contribution is -2.05. The van der Waals surface area contributed by atoms with Crippen LogP contribution in [0.5, 0.6) is 0 Å². The van der Waals surface area contributed by atoms with Crippen molar-refractivity contribution in [1.29, 1.82) is 0 Å². The zero-order valence-corrected chi connectivity index (χ0v) is 10.6. The van der Waals surface area contributed by atoms with E-state index in [0.717, 1.165) is 11.3 Å². The molecule has 0 saturated carbocycles. The number of anilines is 1. The first kappa shape index (κ1) is 11.5. The maximum atomic E-state index is 11.0. The molecule has 1 N–H and O–H groups in total. The largest absolute Gasteiger partial charge is 0.326 e. The van der Waals surface area contributed by atoms with Crippen molar-refractivity contribution in [2.75, 3.05) is 5.32 Å². The molecule has 19 heavy (non-hydrogen) atoms. The van der Waals surface area contributed by atoms with Crippen LogP contribution in [0.2, 0.25) is 0 Å². The number of aromatic nitrogens is 1. The van der Waals surface area contributed by atoms with Crippen LogP contribution in [0.3, 0.4) is 0 Å². The molecule has 0 unspecified atom stereocenters. The number of amides is 1. The molecule has 3 aromatic rings. The van der Waals surface area contributed by atoms with Crippen LogP contribution in [0, 0.1) is 0 Å². The molecule has 0 aliphatic heterocycles. The minimum atomic E-state index is -0.0534. The smallest absolute Gasteiger partial charge is 0.221 e. The van der Waals surface area contributed by atoms with Gasteiger partial charge in [0.05, 0.1) is 0 Å². The van der Waals surface area contributed by atoms with Gasteiger partial charge in [0.15, 0.2) is 0 Å². The number of pyridine rings is 1. The van der Waals surface area contributed by atoms with E-state index in [0.29, 0.717) is 0 Å². The summed E-state index contributed by atoms with van der Waals surface area (Å²) in [6.07, 6.45) is 4.13. The van der Waals surface area contributed by atoms with Gasteiger partial charge in [-0.1, -0.05) is 18.2 Å². The Labute approximate surface area is 111 Å². The molecule has 1 aromatic carbocycles. The number of carbonyl (C=O) groups excluding carboxylic acids is 1. The molecule has 2 aromatic heterocycles. The number of benzene rings is 1. The standard InChI is InChI=1S/C16H14N2O/c1-12(19)17-15-7-5-13(6-8-15)14-10-16-4-2-3-9-18(16)11-14/h2-11H,1H3,(H,17,19). The summed E-state index contributed by atoms with van der Waals surface area (Å²) in [4.78, 5) is 11.0. The van der Waals surface area contributed by atoms with Crippen LogP contribution < -0.4 is 5.32 Å². The number of nitrogens with zero attached hydrogens (tertiary/aromatic N) is 1. The molecular formula is C16H14N2O. The van der Waals surface area contributed by atoms with Crippen molar-refractivity contribution in [2.45, 2.75) is 6.92 Å². The second-order valence-corrected chi connectivity index (χ2v) is 4.52. The summed E-state index contributed by atoms with van der Waals surface area (Å²) in [5, 5.41) is 2.77. The summed E-state index contributed by atoms with van der Waals surface area (Å²) >= 11 is 0.